The summed E-state index contributed by atoms with van der Waals surface area (Å²) in [6, 6.07) is 22.5. The Balaban J connectivity index is 2.09. The summed E-state index contributed by atoms with van der Waals surface area (Å²) in [7, 11) is 3.20. The van der Waals surface area contributed by atoms with E-state index in [1.165, 1.54) is 0 Å². The number of ether oxygens (including phenoxy) is 2. The van der Waals surface area contributed by atoms with Crippen LogP contribution in [0.3, 0.4) is 0 Å². The van der Waals surface area contributed by atoms with Gasteiger partial charge in [0.2, 0.25) is 0 Å². The number of hydrogen-bond acceptors (Lipinski definition) is 3. The third kappa shape index (κ3) is 3.01. The van der Waals surface area contributed by atoms with Crippen LogP contribution < -0.4 is 9.47 Å². The van der Waals surface area contributed by atoms with Crippen LogP contribution in [-0.2, 0) is 0 Å². The van der Waals surface area contributed by atoms with Gasteiger partial charge in [-0.3, -0.25) is 4.79 Å². The van der Waals surface area contributed by atoms with Crippen molar-refractivity contribution in [3.8, 4) is 22.6 Å². The van der Waals surface area contributed by atoms with Gasteiger partial charge in [-0.2, -0.15) is 0 Å². The summed E-state index contributed by atoms with van der Waals surface area (Å²) in [5, 5.41) is 0. The van der Waals surface area contributed by atoms with Crippen molar-refractivity contribution in [1.29, 1.82) is 0 Å². The van der Waals surface area contributed by atoms with Crippen molar-refractivity contribution in [3.05, 3.63) is 83.9 Å². The average Bonchev–Trinajstić information content (AvgIpc) is 2.67. The topological polar surface area (TPSA) is 35.5 Å². The van der Waals surface area contributed by atoms with Gasteiger partial charge in [0.15, 0.2) is 17.3 Å². The molecule has 0 radical (unpaired) electrons. The van der Waals surface area contributed by atoms with E-state index in [2.05, 4.69) is 0 Å². The maximum atomic E-state index is 12.9. The number of hydrogen-bond donors (Lipinski definition) is 0. The minimum Gasteiger partial charge on any atom is -0.493 e. The highest BCUT2D eigenvalue weighted by atomic mass is 16.5. The zero-order chi connectivity index (χ0) is 16.9. The molecule has 0 unspecified atom stereocenters. The molecule has 0 heterocycles. The van der Waals surface area contributed by atoms with Crippen LogP contribution in [0.15, 0.2) is 72.8 Å². The molecule has 0 saturated carbocycles. The van der Waals surface area contributed by atoms with E-state index in [1.54, 1.807) is 14.2 Å². The van der Waals surface area contributed by atoms with E-state index in [9.17, 15) is 4.79 Å². The number of methoxy groups -OCH3 is 2. The van der Waals surface area contributed by atoms with Gasteiger partial charge in [0.25, 0.3) is 0 Å². The van der Waals surface area contributed by atoms with Gasteiger partial charge in [-0.1, -0.05) is 60.7 Å². The molecule has 0 aliphatic heterocycles. The van der Waals surface area contributed by atoms with Crippen LogP contribution in [0.4, 0.5) is 0 Å². The third-order valence-corrected chi connectivity index (χ3v) is 3.90. The molecule has 0 amide bonds. The zero-order valence-electron chi connectivity index (χ0n) is 13.7. The highest BCUT2D eigenvalue weighted by Crippen LogP contribution is 2.34. The van der Waals surface area contributed by atoms with Crippen molar-refractivity contribution in [1.82, 2.24) is 0 Å². The van der Waals surface area contributed by atoms with Crippen LogP contribution in [0.1, 0.15) is 15.9 Å². The molecule has 3 rings (SSSR count). The van der Waals surface area contributed by atoms with E-state index in [1.807, 2.05) is 72.8 Å². The van der Waals surface area contributed by atoms with Crippen LogP contribution in [-0.4, -0.2) is 20.0 Å². The summed E-state index contributed by atoms with van der Waals surface area (Å²) >= 11 is 0. The number of rotatable bonds is 5. The molecule has 3 aromatic carbocycles. The first-order valence-corrected chi connectivity index (χ1v) is 7.65. The average molecular weight is 318 g/mol. The molecular formula is C21H18O3. The SMILES string of the molecule is COc1ccc(-c2ccccc2C(=O)c2ccccc2)cc1OC. The lowest BCUT2D eigenvalue weighted by Gasteiger charge is -2.12. The smallest absolute Gasteiger partial charge is 0.193 e. The highest BCUT2D eigenvalue weighted by molar-refractivity contribution is 6.12. The Hall–Kier alpha value is -3.07. The van der Waals surface area contributed by atoms with E-state index in [0.717, 1.165) is 11.1 Å². The van der Waals surface area contributed by atoms with Crippen LogP contribution in [0.2, 0.25) is 0 Å². The Morgan fingerprint density at radius 2 is 1.42 bits per heavy atom. The molecule has 0 spiro atoms. The normalized spacial score (nSPS) is 10.2. The summed E-state index contributed by atoms with van der Waals surface area (Å²) in [6.45, 7) is 0. The molecule has 0 aromatic heterocycles. The third-order valence-electron chi connectivity index (χ3n) is 3.90. The lowest BCUT2D eigenvalue weighted by Crippen LogP contribution is -2.03. The van der Waals surface area contributed by atoms with Crippen molar-refractivity contribution < 1.29 is 14.3 Å². The van der Waals surface area contributed by atoms with E-state index >= 15 is 0 Å². The fourth-order valence-electron chi connectivity index (χ4n) is 2.68. The summed E-state index contributed by atoms with van der Waals surface area (Å²) in [6.07, 6.45) is 0. The van der Waals surface area contributed by atoms with Gasteiger partial charge in [-0.05, 0) is 23.3 Å². The van der Waals surface area contributed by atoms with Gasteiger partial charge in [-0.25, -0.2) is 0 Å². The van der Waals surface area contributed by atoms with Crippen LogP contribution >= 0.6 is 0 Å². The summed E-state index contributed by atoms with van der Waals surface area (Å²) in [5.74, 6) is 1.30. The molecule has 0 atom stereocenters. The minimum atomic E-state index is 0.000912. The van der Waals surface area contributed by atoms with E-state index in [4.69, 9.17) is 9.47 Å². The van der Waals surface area contributed by atoms with E-state index in [0.29, 0.717) is 22.6 Å². The summed E-state index contributed by atoms with van der Waals surface area (Å²) in [5.41, 5.74) is 3.11. The van der Waals surface area contributed by atoms with Crippen LogP contribution in [0.5, 0.6) is 11.5 Å². The molecule has 0 aliphatic rings. The van der Waals surface area contributed by atoms with Gasteiger partial charge >= 0.3 is 0 Å². The zero-order valence-corrected chi connectivity index (χ0v) is 13.7. The molecule has 3 heteroatoms. The summed E-state index contributed by atoms with van der Waals surface area (Å²) < 4.78 is 10.7. The fraction of sp³-hybridized carbons (Fsp3) is 0.0952. The highest BCUT2D eigenvalue weighted by Gasteiger charge is 2.15. The first-order chi connectivity index (χ1) is 11.7. The number of carbonyl (C=O) groups is 1. The standard InChI is InChI=1S/C21H18O3/c1-23-19-13-12-16(14-20(19)24-2)17-10-6-7-11-18(17)21(22)15-8-4-3-5-9-15/h3-14H,1-2H3. The van der Waals surface area contributed by atoms with Crippen molar-refractivity contribution in [2.24, 2.45) is 0 Å². The molecule has 3 aromatic rings. The first kappa shape index (κ1) is 15.8. The Morgan fingerprint density at radius 1 is 0.750 bits per heavy atom. The molecule has 0 saturated heterocycles. The Labute approximate surface area is 141 Å². The molecule has 120 valence electrons. The lowest BCUT2D eigenvalue weighted by molar-refractivity contribution is 0.103. The predicted molar refractivity (Wildman–Crippen MR) is 94.9 cm³/mol. The maximum absolute atomic E-state index is 12.9. The fourth-order valence-corrected chi connectivity index (χ4v) is 2.68. The van der Waals surface area contributed by atoms with Crippen LogP contribution in [0, 0.1) is 0 Å². The Bertz CT molecular complexity index is 854. The number of ketones is 1. The maximum Gasteiger partial charge on any atom is 0.193 e. The quantitative estimate of drug-likeness (QED) is 0.645. The van der Waals surface area contributed by atoms with E-state index in [-0.39, 0.29) is 5.78 Å². The van der Waals surface area contributed by atoms with Gasteiger partial charge in [-0.15, -0.1) is 0 Å². The summed E-state index contributed by atoms with van der Waals surface area (Å²) in [4.78, 5) is 12.9. The monoisotopic (exact) mass is 318 g/mol. The Morgan fingerprint density at radius 3 is 2.12 bits per heavy atom. The predicted octanol–water partition coefficient (Wildman–Crippen LogP) is 4.60. The molecule has 0 N–H and O–H groups in total. The molecule has 3 nitrogen and oxygen atoms in total. The second-order valence-electron chi connectivity index (χ2n) is 5.31. The first-order valence-electron chi connectivity index (χ1n) is 7.65. The Kier molecular flexibility index (Phi) is 4.62. The van der Waals surface area contributed by atoms with Crippen LogP contribution in [0.25, 0.3) is 11.1 Å². The van der Waals surface area contributed by atoms with Crippen molar-refractivity contribution in [2.45, 2.75) is 0 Å². The second-order valence-corrected chi connectivity index (χ2v) is 5.31. The van der Waals surface area contributed by atoms with Gasteiger partial charge < -0.3 is 9.47 Å². The number of benzene rings is 3. The van der Waals surface area contributed by atoms with Crippen molar-refractivity contribution in [2.75, 3.05) is 14.2 Å². The molecule has 0 aliphatic carbocycles. The second kappa shape index (κ2) is 7.01. The molecule has 0 fully saturated rings. The number of carbonyl (C=O) groups excluding carboxylic acids is 1. The minimum absolute atomic E-state index is 0.000912. The van der Waals surface area contributed by atoms with E-state index < -0.39 is 0 Å². The molecule has 0 bridgehead atoms. The molecule has 24 heavy (non-hydrogen) atoms. The van der Waals surface area contributed by atoms with Gasteiger partial charge in [0.05, 0.1) is 14.2 Å². The van der Waals surface area contributed by atoms with Gasteiger partial charge in [0.1, 0.15) is 0 Å². The van der Waals surface area contributed by atoms with Gasteiger partial charge in [0, 0.05) is 11.1 Å². The van der Waals surface area contributed by atoms with Crippen molar-refractivity contribution >= 4 is 5.78 Å². The lowest BCUT2D eigenvalue weighted by atomic mass is 9.94. The molecular weight excluding hydrogens is 300 g/mol. The van der Waals surface area contributed by atoms with Crippen molar-refractivity contribution in [3.63, 3.8) is 0 Å². The largest absolute Gasteiger partial charge is 0.493 e.